The Morgan fingerprint density at radius 2 is 1.37 bits per heavy atom. The number of carbonyl (C=O) groups excluding carboxylic acids is 5. The molecule has 1 aromatic rings. The molecule has 17 heteroatoms. The monoisotopic (exact) mass is 656 g/mol. The van der Waals surface area contributed by atoms with Crippen molar-refractivity contribution in [3.63, 3.8) is 0 Å². The highest BCUT2D eigenvalue weighted by atomic mass is 16.8. The Hall–Kier alpha value is -4.13. The Morgan fingerprint density at radius 3 is 1.93 bits per heavy atom. The molecular weight excluding hydrogens is 620 g/mol. The summed E-state index contributed by atoms with van der Waals surface area (Å²) < 4.78 is 42.9. The van der Waals surface area contributed by atoms with E-state index in [4.69, 9.17) is 37.9 Å². The Labute approximate surface area is 262 Å². The minimum Gasteiger partial charge on any atom is -0.508 e. The van der Waals surface area contributed by atoms with Crippen LogP contribution in [-0.4, -0.2) is 125 Å². The van der Waals surface area contributed by atoms with Crippen LogP contribution in [0, 0.1) is 0 Å². The zero-order valence-corrected chi connectivity index (χ0v) is 25.3. The van der Waals surface area contributed by atoms with E-state index < -0.39 is 104 Å². The van der Waals surface area contributed by atoms with E-state index in [9.17, 15) is 44.4 Å². The number of phenols is 1. The van der Waals surface area contributed by atoms with Crippen LogP contribution in [-0.2, 0) is 61.9 Å². The topological polar surface area (TPSA) is 240 Å². The lowest BCUT2D eigenvalue weighted by atomic mass is 9.98. The zero-order chi connectivity index (χ0) is 34.2. The molecule has 0 unspecified atom stereocenters. The molecule has 0 aliphatic carbocycles. The first kappa shape index (κ1) is 36.3. The number of hydrogen-bond donors (Lipinski definition) is 4. The second-order valence-electron chi connectivity index (χ2n) is 10.3. The number of phenolic OH excluding ortho intramolecular Hbond substituents is 1. The number of aromatic hydroxyl groups is 1. The van der Waals surface area contributed by atoms with Gasteiger partial charge in [-0.2, -0.15) is 0 Å². The zero-order valence-electron chi connectivity index (χ0n) is 25.3. The Morgan fingerprint density at radius 1 is 0.804 bits per heavy atom. The molecule has 2 heterocycles. The number of carbonyl (C=O) groups is 5. The largest absolute Gasteiger partial charge is 0.508 e. The quantitative estimate of drug-likeness (QED) is 0.118. The maximum atomic E-state index is 12.4. The average molecular weight is 657 g/mol. The smallest absolute Gasteiger partial charge is 0.330 e. The summed E-state index contributed by atoms with van der Waals surface area (Å²) in [5.74, 6) is -6.72. The molecule has 4 N–H and O–H groups in total. The lowest BCUT2D eigenvalue weighted by molar-refractivity contribution is -0.383. The van der Waals surface area contributed by atoms with Gasteiger partial charge in [0.05, 0.1) is 0 Å². The van der Waals surface area contributed by atoms with Crippen LogP contribution in [0.4, 0.5) is 0 Å². The predicted octanol–water partition coefficient (Wildman–Crippen LogP) is -1.14. The van der Waals surface area contributed by atoms with Gasteiger partial charge in [0, 0.05) is 33.8 Å². The van der Waals surface area contributed by atoms with Crippen LogP contribution >= 0.6 is 0 Å². The predicted molar refractivity (Wildman–Crippen MR) is 148 cm³/mol. The molecule has 9 atom stereocenters. The van der Waals surface area contributed by atoms with Gasteiger partial charge in [-0.3, -0.25) is 19.2 Å². The molecule has 46 heavy (non-hydrogen) atoms. The van der Waals surface area contributed by atoms with E-state index in [0.717, 1.165) is 33.8 Å². The first-order valence-corrected chi connectivity index (χ1v) is 13.9. The molecule has 0 saturated carbocycles. The van der Waals surface area contributed by atoms with Gasteiger partial charge < -0.3 is 58.3 Å². The second kappa shape index (κ2) is 15.9. The number of aliphatic hydroxyl groups is 3. The summed E-state index contributed by atoms with van der Waals surface area (Å²) in [6, 6.07) is 5.90. The summed E-state index contributed by atoms with van der Waals surface area (Å²) in [6.45, 7) is 1.85. The fourth-order valence-electron chi connectivity index (χ4n) is 4.72. The van der Waals surface area contributed by atoms with Crippen LogP contribution in [0.5, 0.6) is 5.75 Å². The van der Waals surface area contributed by atoms with Crippen LogP contribution in [0.15, 0.2) is 30.3 Å². The van der Waals surface area contributed by atoms with Crippen molar-refractivity contribution in [1.82, 2.24) is 0 Å². The number of aliphatic hydroxyl groups excluding tert-OH is 3. The van der Waals surface area contributed by atoms with Crippen molar-refractivity contribution in [2.45, 2.75) is 82.5 Å². The molecule has 2 aliphatic heterocycles. The van der Waals surface area contributed by atoms with E-state index >= 15 is 0 Å². The van der Waals surface area contributed by atoms with Crippen molar-refractivity contribution in [2.24, 2.45) is 0 Å². The molecule has 0 bridgehead atoms. The fraction of sp³-hybridized carbons (Fsp3) is 0.552. The van der Waals surface area contributed by atoms with Crippen molar-refractivity contribution >= 4 is 35.9 Å². The summed E-state index contributed by atoms with van der Waals surface area (Å²) in [6.07, 6.45) is -10.9. The van der Waals surface area contributed by atoms with Crippen LogP contribution in [0.25, 0.3) is 6.08 Å². The van der Waals surface area contributed by atoms with E-state index in [-0.39, 0.29) is 5.75 Å². The highest BCUT2D eigenvalue weighted by Crippen LogP contribution is 2.38. The van der Waals surface area contributed by atoms with Gasteiger partial charge in [0.2, 0.25) is 5.79 Å². The molecule has 0 aromatic heterocycles. The first-order valence-electron chi connectivity index (χ1n) is 13.9. The third-order valence-electron chi connectivity index (χ3n) is 6.68. The number of esters is 5. The van der Waals surface area contributed by atoms with E-state index in [1.165, 1.54) is 30.3 Å². The SMILES string of the molecule is CC(=O)OC[C@@H]1O[C@H](O[C@@]2(CO)O[C@H](COC(=O)C=Cc3ccc(O)cc3)[C@@H](OC(C)=O)[C@@H]2O)[C@H](O)[C@@H](OC(C)=O)[C@@H]1OC(C)=O. The molecular formula is C29H36O17. The van der Waals surface area contributed by atoms with E-state index in [2.05, 4.69) is 0 Å². The average Bonchev–Trinajstić information content (AvgIpc) is 3.23. The fourth-order valence-corrected chi connectivity index (χ4v) is 4.72. The van der Waals surface area contributed by atoms with Crippen LogP contribution in [0.3, 0.4) is 0 Å². The van der Waals surface area contributed by atoms with Crippen molar-refractivity contribution in [3.05, 3.63) is 35.9 Å². The third kappa shape index (κ3) is 9.44. The Kier molecular flexibility index (Phi) is 12.6. The molecule has 0 radical (unpaired) electrons. The number of benzene rings is 1. The normalized spacial score (nSPS) is 30.8. The molecule has 2 fully saturated rings. The van der Waals surface area contributed by atoms with Gasteiger partial charge in [-0.15, -0.1) is 0 Å². The van der Waals surface area contributed by atoms with Gasteiger partial charge >= 0.3 is 29.8 Å². The molecule has 2 saturated heterocycles. The Bertz CT molecular complexity index is 1280. The van der Waals surface area contributed by atoms with Crippen LogP contribution in [0.2, 0.25) is 0 Å². The maximum Gasteiger partial charge on any atom is 0.330 e. The van der Waals surface area contributed by atoms with Crippen molar-refractivity contribution in [1.29, 1.82) is 0 Å². The molecule has 0 spiro atoms. The number of rotatable bonds is 12. The van der Waals surface area contributed by atoms with Gasteiger partial charge in [0.1, 0.15) is 50.0 Å². The van der Waals surface area contributed by atoms with E-state index in [0.29, 0.717) is 5.56 Å². The highest BCUT2D eigenvalue weighted by Gasteiger charge is 2.61. The molecule has 254 valence electrons. The van der Waals surface area contributed by atoms with Gasteiger partial charge in [0.15, 0.2) is 24.6 Å². The number of ether oxygens (including phenoxy) is 8. The minimum atomic E-state index is -2.49. The van der Waals surface area contributed by atoms with E-state index in [1.54, 1.807) is 0 Å². The first-order chi connectivity index (χ1) is 21.6. The standard InChI is InChI=1S/C29H36O17/c1-14(31)39-11-20-24(41-15(2)32)26(43-17(4)34)23(37)28(44-20)46-29(13-30)27(38)25(42-16(3)33)21(45-29)12-40-22(36)10-7-18-5-8-19(35)9-6-18/h5-10,20-21,23-28,30,35,37-38H,11-13H2,1-4H3/t20-,21+,23+,24+,25+,26+,27-,28+,29+/m0/s1. The molecule has 0 amide bonds. The third-order valence-corrected chi connectivity index (χ3v) is 6.68. The lowest BCUT2D eigenvalue weighted by Gasteiger charge is -2.45. The summed E-state index contributed by atoms with van der Waals surface area (Å²) in [4.78, 5) is 59.5. The summed E-state index contributed by atoms with van der Waals surface area (Å²) in [5, 5.41) is 42.0. The van der Waals surface area contributed by atoms with Crippen LogP contribution in [0.1, 0.15) is 33.3 Å². The summed E-state index contributed by atoms with van der Waals surface area (Å²) >= 11 is 0. The van der Waals surface area contributed by atoms with E-state index in [1.807, 2.05) is 0 Å². The molecule has 3 rings (SSSR count). The molecule has 2 aliphatic rings. The molecule has 17 nitrogen and oxygen atoms in total. The lowest BCUT2D eigenvalue weighted by Crippen LogP contribution is -2.64. The second-order valence-corrected chi connectivity index (χ2v) is 10.3. The van der Waals surface area contributed by atoms with Crippen molar-refractivity contribution in [3.8, 4) is 5.75 Å². The number of hydrogen-bond acceptors (Lipinski definition) is 17. The maximum absolute atomic E-state index is 12.4. The minimum absolute atomic E-state index is 0.0277. The van der Waals surface area contributed by atoms with Gasteiger partial charge in [-0.25, -0.2) is 4.79 Å². The summed E-state index contributed by atoms with van der Waals surface area (Å²) in [7, 11) is 0. The van der Waals surface area contributed by atoms with Gasteiger partial charge in [0.25, 0.3) is 0 Å². The van der Waals surface area contributed by atoms with Gasteiger partial charge in [-0.05, 0) is 23.8 Å². The van der Waals surface area contributed by atoms with Gasteiger partial charge in [-0.1, -0.05) is 12.1 Å². The molecule has 1 aromatic carbocycles. The Balaban J connectivity index is 1.84. The van der Waals surface area contributed by atoms with Crippen molar-refractivity contribution in [2.75, 3.05) is 19.8 Å². The van der Waals surface area contributed by atoms with Crippen LogP contribution < -0.4 is 0 Å². The summed E-state index contributed by atoms with van der Waals surface area (Å²) in [5.41, 5.74) is 0.564. The highest BCUT2D eigenvalue weighted by molar-refractivity contribution is 5.87. The van der Waals surface area contributed by atoms with Crippen molar-refractivity contribution < 1.29 is 82.3 Å².